The summed E-state index contributed by atoms with van der Waals surface area (Å²) in [6.07, 6.45) is 0. The quantitative estimate of drug-likeness (QED) is 0.528. The van der Waals surface area contributed by atoms with E-state index in [1.807, 2.05) is 13.0 Å². The molecule has 0 saturated heterocycles. The van der Waals surface area contributed by atoms with Crippen molar-refractivity contribution in [2.24, 2.45) is 5.14 Å². The number of esters is 1. The van der Waals surface area contributed by atoms with Crippen molar-refractivity contribution in [3.8, 4) is 22.9 Å². The fraction of sp³-hybridized carbons (Fsp3) is 0.211. The van der Waals surface area contributed by atoms with Gasteiger partial charge in [-0.3, -0.25) is 0 Å². The van der Waals surface area contributed by atoms with Gasteiger partial charge in [0.1, 0.15) is 17.1 Å². The summed E-state index contributed by atoms with van der Waals surface area (Å²) in [6, 6.07) is 10.8. The van der Waals surface area contributed by atoms with E-state index in [1.165, 1.54) is 19.2 Å². The molecule has 1 heterocycles. The molecule has 0 atom stereocenters. The zero-order chi connectivity index (χ0) is 21.7. The number of para-hydroxylation sites is 1. The summed E-state index contributed by atoms with van der Waals surface area (Å²) in [4.78, 5) is 16.4. The molecule has 2 aromatic carbocycles. The van der Waals surface area contributed by atoms with E-state index in [0.29, 0.717) is 17.9 Å². The van der Waals surface area contributed by atoms with Crippen LogP contribution in [0.4, 0.5) is 0 Å². The molecule has 0 bridgehead atoms. The molecule has 30 heavy (non-hydrogen) atoms. The van der Waals surface area contributed by atoms with Gasteiger partial charge in [-0.15, -0.1) is 0 Å². The van der Waals surface area contributed by atoms with Crippen LogP contribution in [0.5, 0.6) is 11.5 Å². The summed E-state index contributed by atoms with van der Waals surface area (Å²) in [5.74, 6) is 0.204. The lowest BCUT2D eigenvalue weighted by Crippen LogP contribution is -2.14. The predicted octanol–water partition coefficient (Wildman–Crippen LogP) is 2.15. The molecule has 0 amide bonds. The molecule has 0 fully saturated rings. The molecule has 0 aliphatic carbocycles. The zero-order valence-corrected chi connectivity index (χ0v) is 17.0. The van der Waals surface area contributed by atoms with Crippen LogP contribution >= 0.6 is 0 Å². The minimum Gasteiger partial charge on any atom is -0.496 e. The van der Waals surface area contributed by atoms with E-state index in [9.17, 15) is 13.2 Å². The standard InChI is InChI=1S/C19H19N3O7S/c1-3-27-16-7-5-4-6-13(16)18-21-17(29-22-18)11-28-19(23)14-10-12(30(20,24)25)8-9-15(14)26-2/h4-10H,3,11H2,1-2H3,(H2,20,24,25). The number of hydrogen-bond donors (Lipinski definition) is 1. The van der Waals surface area contributed by atoms with Gasteiger partial charge in [-0.2, -0.15) is 4.98 Å². The Morgan fingerprint density at radius 3 is 2.63 bits per heavy atom. The van der Waals surface area contributed by atoms with Crippen LogP contribution in [-0.4, -0.2) is 38.2 Å². The molecule has 10 nitrogen and oxygen atoms in total. The number of sulfonamides is 1. The highest BCUT2D eigenvalue weighted by molar-refractivity contribution is 7.89. The van der Waals surface area contributed by atoms with E-state index in [1.54, 1.807) is 18.2 Å². The number of methoxy groups -OCH3 is 1. The number of carbonyl (C=O) groups excluding carboxylic acids is 1. The van der Waals surface area contributed by atoms with Crippen LogP contribution in [0.25, 0.3) is 11.4 Å². The van der Waals surface area contributed by atoms with Gasteiger partial charge in [-0.05, 0) is 37.3 Å². The third-order valence-electron chi connectivity index (χ3n) is 3.94. The van der Waals surface area contributed by atoms with E-state index >= 15 is 0 Å². The molecule has 1 aromatic heterocycles. The van der Waals surface area contributed by atoms with Gasteiger partial charge in [0.2, 0.25) is 15.8 Å². The van der Waals surface area contributed by atoms with E-state index in [-0.39, 0.29) is 34.5 Å². The first-order chi connectivity index (χ1) is 14.3. The fourth-order valence-electron chi connectivity index (χ4n) is 2.58. The number of hydrogen-bond acceptors (Lipinski definition) is 9. The molecule has 0 unspecified atom stereocenters. The number of benzene rings is 2. The largest absolute Gasteiger partial charge is 0.496 e. The summed E-state index contributed by atoms with van der Waals surface area (Å²) in [6.45, 7) is 2.00. The van der Waals surface area contributed by atoms with Gasteiger partial charge >= 0.3 is 5.97 Å². The summed E-state index contributed by atoms with van der Waals surface area (Å²) in [7, 11) is -2.67. The first-order valence-electron chi connectivity index (χ1n) is 8.76. The maximum Gasteiger partial charge on any atom is 0.342 e. The molecule has 11 heteroatoms. The topological polar surface area (TPSA) is 144 Å². The number of carbonyl (C=O) groups is 1. The molecule has 0 aliphatic rings. The van der Waals surface area contributed by atoms with E-state index in [4.69, 9.17) is 23.9 Å². The molecular weight excluding hydrogens is 414 g/mol. The molecule has 2 N–H and O–H groups in total. The van der Waals surface area contributed by atoms with Crippen molar-refractivity contribution in [2.45, 2.75) is 18.4 Å². The van der Waals surface area contributed by atoms with Gasteiger partial charge in [0.05, 0.1) is 24.2 Å². The fourth-order valence-corrected chi connectivity index (χ4v) is 3.12. The number of aromatic nitrogens is 2. The molecule has 3 rings (SSSR count). The molecule has 158 valence electrons. The Balaban J connectivity index is 1.77. The van der Waals surface area contributed by atoms with Gasteiger partial charge in [0.15, 0.2) is 6.61 Å². The lowest BCUT2D eigenvalue weighted by atomic mass is 10.2. The molecule has 0 saturated carbocycles. The predicted molar refractivity (Wildman–Crippen MR) is 104 cm³/mol. The first kappa shape index (κ1) is 21.3. The first-order valence-corrected chi connectivity index (χ1v) is 10.3. The Morgan fingerprint density at radius 2 is 1.93 bits per heavy atom. The molecule has 0 spiro atoms. The second-order valence-corrected chi connectivity index (χ2v) is 7.49. The van der Waals surface area contributed by atoms with Crippen LogP contribution in [0.1, 0.15) is 23.2 Å². The van der Waals surface area contributed by atoms with Crippen molar-refractivity contribution in [1.29, 1.82) is 0 Å². The number of rotatable bonds is 8. The molecular formula is C19H19N3O7S. The smallest absolute Gasteiger partial charge is 0.342 e. The van der Waals surface area contributed by atoms with Crippen LogP contribution in [0, 0.1) is 0 Å². The maximum atomic E-state index is 12.4. The van der Waals surface area contributed by atoms with Crippen molar-refractivity contribution in [2.75, 3.05) is 13.7 Å². The van der Waals surface area contributed by atoms with Crippen LogP contribution < -0.4 is 14.6 Å². The van der Waals surface area contributed by atoms with Crippen LogP contribution in [-0.2, 0) is 21.4 Å². The zero-order valence-electron chi connectivity index (χ0n) is 16.2. The van der Waals surface area contributed by atoms with Gasteiger partial charge in [0.25, 0.3) is 5.89 Å². The highest BCUT2D eigenvalue weighted by atomic mass is 32.2. The Hall–Kier alpha value is -3.44. The SMILES string of the molecule is CCOc1ccccc1-c1noc(COC(=O)c2cc(S(N)(=O)=O)ccc2OC)n1. The molecule has 0 radical (unpaired) electrons. The van der Waals surface area contributed by atoms with Gasteiger partial charge < -0.3 is 18.7 Å². The number of nitrogens with zero attached hydrogens (tertiary/aromatic N) is 2. The highest BCUT2D eigenvalue weighted by Crippen LogP contribution is 2.28. The van der Waals surface area contributed by atoms with Gasteiger partial charge in [0, 0.05) is 0 Å². The Morgan fingerprint density at radius 1 is 1.17 bits per heavy atom. The second kappa shape index (κ2) is 8.93. The third-order valence-corrected chi connectivity index (χ3v) is 4.85. The van der Waals surface area contributed by atoms with Crippen LogP contribution in [0.3, 0.4) is 0 Å². The van der Waals surface area contributed by atoms with Crippen LogP contribution in [0.15, 0.2) is 51.9 Å². The number of primary sulfonamides is 1. The lowest BCUT2D eigenvalue weighted by Gasteiger charge is -2.09. The average molecular weight is 433 g/mol. The van der Waals surface area contributed by atoms with Gasteiger partial charge in [-0.1, -0.05) is 17.3 Å². The Kier molecular flexibility index (Phi) is 6.33. The van der Waals surface area contributed by atoms with E-state index < -0.39 is 16.0 Å². The number of nitrogens with two attached hydrogens (primary N) is 1. The van der Waals surface area contributed by atoms with Crippen molar-refractivity contribution < 1.29 is 31.9 Å². The highest BCUT2D eigenvalue weighted by Gasteiger charge is 2.20. The summed E-state index contributed by atoms with van der Waals surface area (Å²) < 4.78 is 44.0. The lowest BCUT2D eigenvalue weighted by molar-refractivity contribution is 0.0426. The van der Waals surface area contributed by atoms with Gasteiger partial charge in [-0.25, -0.2) is 18.4 Å². The molecule has 0 aliphatic heterocycles. The minimum absolute atomic E-state index is 0.0474. The normalized spacial score (nSPS) is 11.2. The van der Waals surface area contributed by atoms with E-state index in [0.717, 1.165) is 6.07 Å². The molecule has 3 aromatic rings. The Labute approximate surface area is 172 Å². The van der Waals surface area contributed by atoms with Crippen molar-refractivity contribution in [1.82, 2.24) is 10.1 Å². The minimum atomic E-state index is -4.00. The van der Waals surface area contributed by atoms with Crippen LogP contribution in [0.2, 0.25) is 0 Å². The van der Waals surface area contributed by atoms with Crippen molar-refractivity contribution in [3.05, 3.63) is 53.9 Å². The van der Waals surface area contributed by atoms with Crippen molar-refractivity contribution in [3.63, 3.8) is 0 Å². The van der Waals surface area contributed by atoms with Crippen molar-refractivity contribution >= 4 is 16.0 Å². The maximum absolute atomic E-state index is 12.4. The third kappa shape index (κ3) is 4.75. The summed E-state index contributed by atoms with van der Waals surface area (Å²) in [5, 5.41) is 8.99. The summed E-state index contributed by atoms with van der Waals surface area (Å²) >= 11 is 0. The monoisotopic (exact) mass is 433 g/mol. The second-order valence-electron chi connectivity index (χ2n) is 5.92. The Bertz CT molecular complexity index is 1160. The average Bonchev–Trinajstić information content (AvgIpc) is 3.20. The van der Waals surface area contributed by atoms with E-state index in [2.05, 4.69) is 10.1 Å². The number of ether oxygens (including phenoxy) is 3. The summed E-state index contributed by atoms with van der Waals surface area (Å²) in [5.41, 5.74) is 0.522.